The van der Waals surface area contributed by atoms with Crippen molar-refractivity contribution < 1.29 is 9.59 Å². The summed E-state index contributed by atoms with van der Waals surface area (Å²) in [6, 6.07) is 9.58. The molecule has 0 aliphatic heterocycles. The Morgan fingerprint density at radius 1 is 1.24 bits per heavy atom. The van der Waals surface area contributed by atoms with Gasteiger partial charge in [-0.05, 0) is 12.5 Å². The molecule has 0 saturated heterocycles. The SMILES string of the molecule is C/C=C(/NC(C)=O)C(=O)NCc1ccccc1. The van der Waals surface area contributed by atoms with E-state index in [0.29, 0.717) is 6.54 Å². The lowest BCUT2D eigenvalue weighted by atomic mass is 10.2. The summed E-state index contributed by atoms with van der Waals surface area (Å²) in [5.74, 6) is -0.542. The fourth-order valence-corrected chi connectivity index (χ4v) is 1.32. The Kier molecular flexibility index (Phi) is 4.94. The quantitative estimate of drug-likeness (QED) is 0.770. The number of nitrogens with one attached hydrogen (secondary N) is 2. The zero-order valence-corrected chi connectivity index (χ0v) is 9.99. The fourth-order valence-electron chi connectivity index (χ4n) is 1.32. The number of amides is 2. The van der Waals surface area contributed by atoms with E-state index in [1.165, 1.54) is 6.92 Å². The normalized spacial score (nSPS) is 10.8. The van der Waals surface area contributed by atoms with Crippen molar-refractivity contribution in [3.05, 3.63) is 47.7 Å². The Hall–Kier alpha value is -2.10. The molecule has 1 aromatic rings. The summed E-state index contributed by atoms with van der Waals surface area (Å²) < 4.78 is 0. The number of hydrogen-bond acceptors (Lipinski definition) is 2. The second-order valence-corrected chi connectivity index (χ2v) is 3.55. The number of carbonyl (C=O) groups excluding carboxylic acids is 2. The van der Waals surface area contributed by atoms with Crippen LogP contribution in [0.15, 0.2) is 42.1 Å². The Morgan fingerprint density at radius 3 is 2.41 bits per heavy atom. The van der Waals surface area contributed by atoms with E-state index in [-0.39, 0.29) is 17.5 Å². The minimum atomic E-state index is -0.286. The molecule has 0 aromatic heterocycles. The molecule has 2 N–H and O–H groups in total. The van der Waals surface area contributed by atoms with Crippen LogP contribution in [0.25, 0.3) is 0 Å². The van der Waals surface area contributed by atoms with Crippen molar-refractivity contribution in [1.82, 2.24) is 10.6 Å². The largest absolute Gasteiger partial charge is 0.347 e. The van der Waals surface area contributed by atoms with Crippen molar-refractivity contribution in [2.24, 2.45) is 0 Å². The number of carbonyl (C=O) groups is 2. The number of allylic oxidation sites excluding steroid dienone is 1. The molecule has 0 radical (unpaired) electrons. The third-order valence-electron chi connectivity index (χ3n) is 2.14. The topological polar surface area (TPSA) is 58.2 Å². The van der Waals surface area contributed by atoms with E-state index in [1.807, 2.05) is 30.3 Å². The van der Waals surface area contributed by atoms with E-state index >= 15 is 0 Å². The van der Waals surface area contributed by atoms with E-state index in [1.54, 1.807) is 13.0 Å². The number of hydrogen-bond donors (Lipinski definition) is 2. The predicted molar refractivity (Wildman–Crippen MR) is 65.9 cm³/mol. The summed E-state index contributed by atoms with van der Waals surface area (Å²) in [7, 11) is 0. The maximum absolute atomic E-state index is 11.7. The van der Waals surface area contributed by atoms with Crippen molar-refractivity contribution in [2.75, 3.05) is 0 Å². The van der Waals surface area contributed by atoms with Gasteiger partial charge in [0.1, 0.15) is 5.70 Å². The molecular formula is C13H16N2O2. The molecule has 0 saturated carbocycles. The van der Waals surface area contributed by atoms with Crippen LogP contribution < -0.4 is 10.6 Å². The fraction of sp³-hybridized carbons (Fsp3) is 0.231. The van der Waals surface area contributed by atoms with Crippen molar-refractivity contribution in [2.45, 2.75) is 20.4 Å². The van der Waals surface area contributed by atoms with E-state index in [2.05, 4.69) is 10.6 Å². The first-order chi connectivity index (χ1) is 8.13. The van der Waals surface area contributed by atoms with E-state index < -0.39 is 0 Å². The average Bonchev–Trinajstić information content (AvgIpc) is 2.34. The molecule has 0 fully saturated rings. The Bertz CT molecular complexity index is 424. The first-order valence-electron chi connectivity index (χ1n) is 5.39. The zero-order valence-electron chi connectivity index (χ0n) is 9.99. The molecule has 0 aliphatic carbocycles. The first-order valence-corrected chi connectivity index (χ1v) is 5.39. The highest BCUT2D eigenvalue weighted by Crippen LogP contribution is 1.98. The highest BCUT2D eigenvalue weighted by molar-refractivity contribution is 5.96. The van der Waals surface area contributed by atoms with Crippen molar-refractivity contribution in [3.63, 3.8) is 0 Å². The molecule has 17 heavy (non-hydrogen) atoms. The van der Waals surface area contributed by atoms with Crippen LogP contribution in [-0.2, 0) is 16.1 Å². The molecule has 90 valence electrons. The van der Waals surface area contributed by atoms with Crippen LogP contribution in [0, 0.1) is 0 Å². The summed E-state index contributed by atoms with van der Waals surface area (Å²) >= 11 is 0. The second kappa shape index (κ2) is 6.48. The molecule has 4 nitrogen and oxygen atoms in total. The van der Waals surface area contributed by atoms with Gasteiger partial charge in [-0.15, -0.1) is 0 Å². The van der Waals surface area contributed by atoms with Gasteiger partial charge in [0.2, 0.25) is 5.91 Å². The van der Waals surface area contributed by atoms with Gasteiger partial charge in [-0.3, -0.25) is 9.59 Å². The van der Waals surface area contributed by atoms with Crippen LogP contribution in [0.4, 0.5) is 0 Å². The molecule has 1 rings (SSSR count). The van der Waals surface area contributed by atoms with Gasteiger partial charge in [-0.25, -0.2) is 0 Å². The van der Waals surface area contributed by atoms with Crippen LogP contribution in [-0.4, -0.2) is 11.8 Å². The van der Waals surface area contributed by atoms with Crippen molar-refractivity contribution in [3.8, 4) is 0 Å². The van der Waals surface area contributed by atoms with Crippen LogP contribution in [0.1, 0.15) is 19.4 Å². The minimum absolute atomic E-state index is 0.257. The van der Waals surface area contributed by atoms with E-state index in [9.17, 15) is 9.59 Å². The first kappa shape index (κ1) is 13.0. The van der Waals surface area contributed by atoms with E-state index in [4.69, 9.17) is 0 Å². The van der Waals surface area contributed by atoms with Gasteiger partial charge in [0.25, 0.3) is 5.91 Å². The monoisotopic (exact) mass is 232 g/mol. The summed E-state index contributed by atoms with van der Waals surface area (Å²) in [5.41, 5.74) is 1.28. The lowest BCUT2D eigenvalue weighted by Gasteiger charge is -2.08. The summed E-state index contributed by atoms with van der Waals surface area (Å²) in [6.45, 7) is 3.51. The highest BCUT2D eigenvalue weighted by Gasteiger charge is 2.08. The number of benzene rings is 1. The minimum Gasteiger partial charge on any atom is -0.347 e. The Balaban J connectivity index is 2.52. The molecule has 2 amide bonds. The highest BCUT2D eigenvalue weighted by atomic mass is 16.2. The van der Waals surface area contributed by atoms with Gasteiger partial charge >= 0.3 is 0 Å². The second-order valence-electron chi connectivity index (χ2n) is 3.55. The summed E-state index contributed by atoms with van der Waals surface area (Å²) in [5, 5.41) is 5.21. The van der Waals surface area contributed by atoms with Gasteiger partial charge in [0.05, 0.1) is 0 Å². The third kappa shape index (κ3) is 4.51. The smallest absolute Gasteiger partial charge is 0.267 e. The van der Waals surface area contributed by atoms with Crippen molar-refractivity contribution >= 4 is 11.8 Å². The lowest BCUT2D eigenvalue weighted by molar-refractivity contribution is -0.122. The molecular weight excluding hydrogens is 216 g/mol. The van der Waals surface area contributed by atoms with E-state index in [0.717, 1.165) is 5.56 Å². The molecule has 0 bridgehead atoms. The van der Waals surface area contributed by atoms with Crippen LogP contribution in [0.5, 0.6) is 0 Å². The van der Waals surface area contributed by atoms with Crippen LogP contribution >= 0.6 is 0 Å². The molecule has 4 heteroatoms. The average molecular weight is 232 g/mol. The van der Waals surface area contributed by atoms with Gasteiger partial charge in [0.15, 0.2) is 0 Å². The zero-order chi connectivity index (χ0) is 12.7. The van der Waals surface area contributed by atoms with Gasteiger partial charge in [-0.1, -0.05) is 36.4 Å². The molecule has 0 atom stereocenters. The summed E-state index contributed by atoms with van der Waals surface area (Å²) in [6.07, 6.45) is 1.57. The maximum atomic E-state index is 11.7. The molecule has 0 heterocycles. The Labute approximate surface area is 101 Å². The Morgan fingerprint density at radius 2 is 1.88 bits per heavy atom. The van der Waals surface area contributed by atoms with Crippen molar-refractivity contribution in [1.29, 1.82) is 0 Å². The third-order valence-corrected chi connectivity index (χ3v) is 2.14. The van der Waals surface area contributed by atoms with Gasteiger partial charge < -0.3 is 10.6 Å². The standard InChI is InChI=1S/C13H16N2O2/c1-3-12(15-10(2)16)13(17)14-9-11-7-5-4-6-8-11/h3-8H,9H2,1-2H3,(H,14,17)(H,15,16)/b12-3+. The molecule has 1 aromatic carbocycles. The van der Waals surface area contributed by atoms with Gasteiger partial charge in [-0.2, -0.15) is 0 Å². The van der Waals surface area contributed by atoms with Gasteiger partial charge in [0, 0.05) is 13.5 Å². The lowest BCUT2D eigenvalue weighted by Crippen LogP contribution is -2.33. The number of rotatable bonds is 4. The maximum Gasteiger partial charge on any atom is 0.267 e. The summed E-state index contributed by atoms with van der Waals surface area (Å²) in [4.78, 5) is 22.5. The molecule has 0 unspecified atom stereocenters. The van der Waals surface area contributed by atoms with Crippen LogP contribution in [0.3, 0.4) is 0 Å². The predicted octanol–water partition coefficient (Wildman–Crippen LogP) is 1.34. The molecule has 0 aliphatic rings. The van der Waals surface area contributed by atoms with Crippen LogP contribution in [0.2, 0.25) is 0 Å². The molecule has 0 spiro atoms.